The first-order chi connectivity index (χ1) is 10.0. The van der Waals surface area contributed by atoms with Crippen LogP contribution in [0.1, 0.15) is 6.92 Å². The predicted octanol–water partition coefficient (Wildman–Crippen LogP) is 3.56. The summed E-state index contributed by atoms with van der Waals surface area (Å²) in [5.74, 6) is 6.17. The third kappa shape index (κ3) is 4.36. The van der Waals surface area contributed by atoms with E-state index in [1.807, 2.05) is 0 Å². The zero-order valence-corrected chi connectivity index (χ0v) is 16.5. The van der Waals surface area contributed by atoms with Gasteiger partial charge in [-0.05, 0) is 24.1 Å². The number of ether oxygens (including phenoxy) is 1. The first kappa shape index (κ1) is 19.3. The van der Waals surface area contributed by atoms with Gasteiger partial charge in [0.1, 0.15) is 12.4 Å². The Bertz CT molecular complexity index is 791. The molecular formula is C16H12Cl2NO2Y-. The smallest absolute Gasteiger partial charge is 0.212 e. The van der Waals surface area contributed by atoms with Gasteiger partial charge in [0.2, 0.25) is 5.56 Å². The van der Waals surface area contributed by atoms with Crippen LogP contribution in [0, 0.1) is 17.9 Å². The van der Waals surface area contributed by atoms with Crippen molar-refractivity contribution in [1.29, 1.82) is 0 Å². The third-order valence-electron chi connectivity index (χ3n) is 2.86. The molecule has 0 saturated heterocycles. The van der Waals surface area contributed by atoms with Crippen molar-refractivity contribution in [1.82, 2.24) is 4.57 Å². The third-order valence-corrected chi connectivity index (χ3v) is 3.45. The molecule has 0 N–H and O–H groups in total. The fourth-order valence-corrected chi connectivity index (χ4v) is 2.22. The second-order valence-corrected chi connectivity index (χ2v) is 5.02. The van der Waals surface area contributed by atoms with Crippen LogP contribution >= 0.6 is 23.2 Å². The zero-order chi connectivity index (χ0) is 15.4. The van der Waals surface area contributed by atoms with E-state index in [-0.39, 0.29) is 43.3 Å². The van der Waals surface area contributed by atoms with Crippen LogP contribution in [0.4, 0.5) is 0 Å². The molecule has 0 saturated carbocycles. The molecule has 0 aliphatic rings. The Kier molecular flexibility index (Phi) is 7.66. The van der Waals surface area contributed by atoms with E-state index in [4.69, 9.17) is 27.9 Å². The van der Waals surface area contributed by atoms with Gasteiger partial charge in [-0.2, -0.15) is 23.7 Å². The molecule has 2 rings (SSSR count). The van der Waals surface area contributed by atoms with Gasteiger partial charge in [0.25, 0.3) is 0 Å². The second kappa shape index (κ2) is 8.74. The van der Waals surface area contributed by atoms with Gasteiger partial charge in [0.15, 0.2) is 0 Å². The monoisotopic (exact) mass is 409 g/mol. The van der Waals surface area contributed by atoms with E-state index >= 15 is 0 Å². The number of aromatic nitrogens is 1. The Morgan fingerprint density at radius 3 is 2.68 bits per heavy atom. The van der Waals surface area contributed by atoms with E-state index in [1.54, 1.807) is 32.2 Å². The van der Waals surface area contributed by atoms with Crippen molar-refractivity contribution in [3.63, 3.8) is 0 Å². The maximum Gasteiger partial charge on any atom is 0.212 e. The minimum Gasteiger partial charge on any atom is -0.481 e. The summed E-state index contributed by atoms with van der Waals surface area (Å²) in [5.41, 5.74) is 0.955. The largest absolute Gasteiger partial charge is 0.481 e. The summed E-state index contributed by atoms with van der Waals surface area (Å²) in [4.78, 5) is 11.8. The Balaban J connectivity index is 0.00000242. The number of rotatable bonds is 3. The van der Waals surface area contributed by atoms with Crippen LogP contribution < -0.4 is 10.3 Å². The molecule has 0 unspecified atom stereocenters. The minimum atomic E-state index is -0.292. The van der Waals surface area contributed by atoms with E-state index < -0.39 is 0 Å². The molecule has 0 bridgehead atoms. The molecule has 2 aromatic rings. The van der Waals surface area contributed by atoms with Gasteiger partial charge in [-0.15, -0.1) is 12.0 Å². The van der Waals surface area contributed by atoms with E-state index in [0.29, 0.717) is 28.6 Å². The van der Waals surface area contributed by atoms with Crippen LogP contribution in [0.2, 0.25) is 10.0 Å². The van der Waals surface area contributed by atoms with Crippen molar-refractivity contribution in [2.75, 3.05) is 6.61 Å². The number of benzene rings is 1. The Hall–Kier alpha value is -0.786. The van der Waals surface area contributed by atoms with Crippen LogP contribution in [-0.4, -0.2) is 11.2 Å². The summed E-state index contributed by atoms with van der Waals surface area (Å²) in [5, 5.41) is 0.584. The molecule has 22 heavy (non-hydrogen) atoms. The summed E-state index contributed by atoms with van der Waals surface area (Å²) in [6.07, 6.45) is 0. The number of pyridine rings is 1. The molecule has 1 heterocycles. The van der Waals surface area contributed by atoms with Crippen LogP contribution in [0.25, 0.3) is 11.3 Å². The van der Waals surface area contributed by atoms with Crippen LogP contribution in [0.15, 0.2) is 29.1 Å². The average molecular weight is 410 g/mol. The summed E-state index contributed by atoms with van der Waals surface area (Å²) in [7, 11) is 1.62. The first-order valence-electron chi connectivity index (χ1n) is 6.14. The molecule has 0 spiro atoms. The van der Waals surface area contributed by atoms with E-state index in [1.165, 1.54) is 10.6 Å². The molecule has 0 amide bonds. The fraction of sp³-hybridized carbons (Fsp3) is 0.188. The summed E-state index contributed by atoms with van der Waals surface area (Å²) in [6.45, 7) is 2.05. The molecule has 0 aliphatic carbocycles. The number of hydrogen-bond acceptors (Lipinski definition) is 2. The van der Waals surface area contributed by atoms with Gasteiger partial charge in [-0.25, -0.2) is 0 Å². The second-order valence-electron chi connectivity index (χ2n) is 4.21. The van der Waals surface area contributed by atoms with Crippen molar-refractivity contribution in [3.05, 3.63) is 50.7 Å². The van der Waals surface area contributed by atoms with Gasteiger partial charge in [0.05, 0.1) is 0 Å². The molecule has 0 fully saturated rings. The summed E-state index contributed by atoms with van der Waals surface area (Å²) in [6, 6.07) is 9.62. The Labute approximate surface area is 164 Å². The Morgan fingerprint density at radius 1 is 1.32 bits per heavy atom. The van der Waals surface area contributed by atoms with Crippen LogP contribution in [-0.2, 0) is 39.8 Å². The van der Waals surface area contributed by atoms with Crippen molar-refractivity contribution < 1.29 is 37.4 Å². The minimum absolute atomic E-state index is 0. The van der Waals surface area contributed by atoms with Crippen molar-refractivity contribution >= 4 is 23.2 Å². The van der Waals surface area contributed by atoms with Gasteiger partial charge in [0, 0.05) is 44.8 Å². The van der Waals surface area contributed by atoms with Gasteiger partial charge < -0.3 is 9.30 Å². The molecular weight excluding hydrogens is 398 g/mol. The van der Waals surface area contributed by atoms with Crippen molar-refractivity contribution in [3.8, 4) is 28.8 Å². The molecule has 0 aliphatic heterocycles. The summed E-state index contributed by atoms with van der Waals surface area (Å²) < 4.78 is 6.84. The normalized spacial score (nSPS) is 9.45. The maximum atomic E-state index is 11.8. The maximum absolute atomic E-state index is 11.8. The van der Waals surface area contributed by atoms with Crippen molar-refractivity contribution in [2.24, 2.45) is 7.05 Å². The molecule has 1 aromatic heterocycles. The Morgan fingerprint density at radius 2 is 2.05 bits per heavy atom. The van der Waals surface area contributed by atoms with E-state index in [9.17, 15) is 4.79 Å². The number of nitrogens with zero attached hydrogens (tertiary/aromatic N) is 1. The average Bonchev–Trinajstić information content (AvgIpc) is 2.46. The van der Waals surface area contributed by atoms with Gasteiger partial charge in [-0.3, -0.25) is 4.79 Å². The molecule has 1 aromatic carbocycles. The molecule has 111 valence electrons. The number of hydrogen-bond donors (Lipinski definition) is 0. The quantitative estimate of drug-likeness (QED) is 0.573. The van der Waals surface area contributed by atoms with E-state index in [0.717, 1.165) is 0 Å². The standard InChI is InChI=1S/C16H12Cl2NO2.Y/c1-3-4-9-21-11-5-6-12(14(18)10-11)15-8-7-13(17)16(20)19(15)2;/h5-7,10H,9H2,1-2H3;/q-1;. The topological polar surface area (TPSA) is 31.2 Å². The van der Waals surface area contributed by atoms with Crippen LogP contribution in [0.5, 0.6) is 5.75 Å². The molecule has 6 heteroatoms. The number of halogens is 2. The molecule has 1 radical (unpaired) electrons. The zero-order valence-electron chi connectivity index (χ0n) is 12.1. The fourth-order valence-electron chi connectivity index (χ4n) is 1.78. The van der Waals surface area contributed by atoms with Crippen molar-refractivity contribution in [2.45, 2.75) is 6.92 Å². The van der Waals surface area contributed by atoms with Crippen LogP contribution in [0.3, 0.4) is 0 Å². The summed E-state index contributed by atoms with van der Waals surface area (Å²) >= 11 is 12.0. The predicted molar refractivity (Wildman–Crippen MR) is 84.9 cm³/mol. The molecule has 3 nitrogen and oxygen atoms in total. The van der Waals surface area contributed by atoms with E-state index in [2.05, 4.69) is 17.9 Å². The molecule has 0 atom stereocenters. The van der Waals surface area contributed by atoms with Gasteiger partial charge in [-0.1, -0.05) is 28.8 Å². The first-order valence-corrected chi connectivity index (χ1v) is 6.89. The van der Waals surface area contributed by atoms with Gasteiger partial charge >= 0.3 is 0 Å². The SMILES string of the molecule is CC#CCOc1ccc(-c2[c-]cc(Cl)c(=O)n2C)c(Cl)c1.[Y].